The smallest absolute Gasteiger partial charge is 0.379 e. The second-order valence-electron chi connectivity index (χ2n) is 10.0. The van der Waals surface area contributed by atoms with E-state index in [1.165, 1.54) is 0 Å². The van der Waals surface area contributed by atoms with E-state index in [1.807, 2.05) is 43.3 Å². The Kier molecular flexibility index (Phi) is 7.39. The van der Waals surface area contributed by atoms with Gasteiger partial charge in [0, 0.05) is 22.6 Å². The van der Waals surface area contributed by atoms with Gasteiger partial charge in [0.2, 0.25) is 11.6 Å². The topological polar surface area (TPSA) is 117 Å². The minimum atomic E-state index is -0.625. The molecule has 1 atom stereocenters. The number of allylic oxidation sites excluding steroid dienone is 1. The molecule has 2 N–H and O–H groups in total. The molecule has 1 aliphatic heterocycles. The van der Waals surface area contributed by atoms with Crippen LogP contribution in [-0.4, -0.2) is 19.7 Å². The number of carbonyl (C=O) groups excluding carboxylic acids is 1. The summed E-state index contributed by atoms with van der Waals surface area (Å²) in [4.78, 5) is 13.0. The molecule has 0 spiro atoms. The Balaban J connectivity index is 1.45. The summed E-state index contributed by atoms with van der Waals surface area (Å²) in [5.74, 6) is 1.29. The Labute approximate surface area is 232 Å². The lowest BCUT2D eigenvalue weighted by atomic mass is 9.83. The number of nitrogens with zero attached hydrogens (tertiary/aromatic N) is 1. The van der Waals surface area contributed by atoms with Crippen molar-refractivity contribution in [2.24, 2.45) is 11.7 Å². The number of hydrogen-bond acceptors (Lipinski definition) is 8. The Bertz CT molecular complexity index is 1660. The molecule has 0 saturated heterocycles. The average Bonchev–Trinajstić information content (AvgIpc) is 3.28. The quantitative estimate of drug-likeness (QED) is 0.197. The van der Waals surface area contributed by atoms with Crippen LogP contribution in [0.5, 0.6) is 23.0 Å². The van der Waals surface area contributed by atoms with E-state index in [9.17, 15) is 10.1 Å². The summed E-state index contributed by atoms with van der Waals surface area (Å²) in [6.45, 7) is 6.66. The van der Waals surface area contributed by atoms with E-state index in [-0.39, 0.29) is 23.0 Å². The Morgan fingerprint density at radius 3 is 2.62 bits per heavy atom. The van der Waals surface area contributed by atoms with E-state index in [2.05, 4.69) is 19.9 Å². The van der Waals surface area contributed by atoms with Crippen molar-refractivity contribution in [1.82, 2.24) is 0 Å². The van der Waals surface area contributed by atoms with Gasteiger partial charge >= 0.3 is 5.97 Å². The van der Waals surface area contributed by atoms with Crippen LogP contribution in [0.1, 0.15) is 53.4 Å². The molecule has 0 saturated carbocycles. The second-order valence-corrected chi connectivity index (χ2v) is 10.0. The number of hydrogen-bond donors (Lipinski definition) is 1. The number of carbonyl (C=O) groups is 1. The van der Waals surface area contributed by atoms with Gasteiger partial charge in [0.1, 0.15) is 28.7 Å². The first kappa shape index (κ1) is 26.7. The van der Waals surface area contributed by atoms with Crippen molar-refractivity contribution in [3.05, 3.63) is 94.6 Å². The lowest BCUT2D eigenvalue weighted by Crippen LogP contribution is -2.21. The largest absolute Gasteiger partial charge is 0.493 e. The van der Waals surface area contributed by atoms with Gasteiger partial charge in [0.15, 0.2) is 11.5 Å². The van der Waals surface area contributed by atoms with Crippen molar-refractivity contribution in [2.45, 2.75) is 33.1 Å². The Hall–Kier alpha value is -4.90. The van der Waals surface area contributed by atoms with Gasteiger partial charge in [-0.15, -0.1) is 0 Å². The maximum absolute atomic E-state index is 13.0. The number of nitriles is 1. The zero-order valence-electron chi connectivity index (χ0n) is 22.8. The molecular formula is C32H30N2O6. The van der Waals surface area contributed by atoms with Crippen molar-refractivity contribution in [2.75, 3.05) is 13.7 Å². The number of nitrogens with two attached hydrogens (primary N) is 1. The van der Waals surface area contributed by atoms with E-state index in [0.29, 0.717) is 46.5 Å². The van der Waals surface area contributed by atoms with E-state index < -0.39 is 11.9 Å². The molecule has 1 aliphatic rings. The SMILES string of the molecule is COc1cc(C2C(C#N)=C(N)Oc3cc(OC(=O)c4oc5ccccc5c4C)ccc32)ccc1OCCC(C)C. The van der Waals surface area contributed by atoms with Crippen LogP contribution in [0.25, 0.3) is 11.0 Å². The number of rotatable bonds is 8. The summed E-state index contributed by atoms with van der Waals surface area (Å²) >= 11 is 0. The normalized spacial score (nSPS) is 14.4. The van der Waals surface area contributed by atoms with Crippen molar-refractivity contribution < 1.29 is 28.2 Å². The third-order valence-corrected chi connectivity index (χ3v) is 6.90. The van der Waals surface area contributed by atoms with Gasteiger partial charge in [-0.2, -0.15) is 5.26 Å². The lowest BCUT2D eigenvalue weighted by molar-refractivity contribution is 0.0702. The molecule has 8 heteroatoms. The fraction of sp³-hybridized carbons (Fsp3) is 0.250. The Morgan fingerprint density at radius 1 is 1.10 bits per heavy atom. The third kappa shape index (κ3) is 5.06. The Morgan fingerprint density at radius 2 is 1.90 bits per heavy atom. The van der Waals surface area contributed by atoms with Gasteiger partial charge in [-0.05, 0) is 49.1 Å². The molecular weight excluding hydrogens is 508 g/mol. The van der Waals surface area contributed by atoms with Gasteiger partial charge in [0.25, 0.3) is 0 Å². The van der Waals surface area contributed by atoms with Gasteiger partial charge in [-0.25, -0.2) is 4.79 Å². The maximum Gasteiger partial charge on any atom is 0.379 e. The van der Waals surface area contributed by atoms with Gasteiger partial charge < -0.3 is 29.1 Å². The summed E-state index contributed by atoms with van der Waals surface area (Å²) in [6, 6.07) is 20.2. The second kappa shape index (κ2) is 11.1. The summed E-state index contributed by atoms with van der Waals surface area (Å²) in [6.07, 6.45) is 0.916. The molecule has 8 nitrogen and oxygen atoms in total. The lowest BCUT2D eigenvalue weighted by Gasteiger charge is -2.27. The molecule has 1 aromatic heterocycles. The number of para-hydroxylation sites is 1. The van der Waals surface area contributed by atoms with Crippen molar-refractivity contribution in [3.8, 4) is 29.1 Å². The fourth-order valence-electron chi connectivity index (χ4n) is 4.75. The number of fused-ring (bicyclic) bond motifs is 2. The highest BCUT2D eigenvalue weighted by atomic mass is 16.5. The number of furan rings is 1. The van der Waals surface area contributed by atoms with Crippen LogP contribution in [0.2, 0.25) is 0 Å². The minimum Gasteiger partial charge on any atom is -0.493 e. The molecule has 0 amide bonds. The van der Waals surface area contributed by atoms with Crippen LogP contribution >= 0.6 is 0 Å². The molecule has 4 aromatic rings. The highest BCUT2D eigenvalue weighted by Gasteiger charge is 2.32. The number of benzene rings is 3. The molecule has 0 bridgehead atoms. The minimum absolute atomic E-state index is 0.0205. The van der Waals surface area contributed by atoms with E-state index in [1.54, 1.807) is 31.4 Å². The van der Waals surface area contributed by atoms with Crippen LogP contribution in [0.3, 0.4) is 0 Å². The molecule has 5 rings (SSSR count). The van der Waals surface area contributed by atoms with E-state index in [4.69, 9.17) is 29.1 Å². The van der Waals surface area contributed by atoms with Gasteiger partial charge in [-0.1, -0.05) is 44.2 Å². The monoisotopic (exact) mass is 538 g/mol. The highest BCUT2D eigenvalue weighted by Crippen LogP contribution is 2.45. The van der Waals surface area contributed by atoms with Crippen molar-refractivity contribution in [1.29, 1.82) is 5.26 Å². The molecule has 0 aliphatic carbocycles. The zero-order valence-corrected chi connectivity index (χ0v) is 22.8. The highest BCUT2D eigenvalue weighted by molar-refractivity contribution is 5.96. The van der Waals surface area contributed by atoms with E-state index >= 15 is 0 Å². The van der Waals surface area contributed by atoms with Crippen molar-refractivity contribution >= 4 is 16.9 Å². The predicted octanol–water partition coefficient (Wildman–Crippen LogP) is 6.61. The maximum atomic E-state index is 13.0. The first-order chi connectivity index (χ1) is 19.3. The predicted molar refractivity (Wildman–Crippen MR) is 150 cm³/mol. The van der Waals surface area contributed by atoms with Crippen LogP contribution in [0.4, 0.5) is 0 Å². The molecule has 0 fully saturated rings. The van der Waals surface area contributed by atoms with Crippen LogP contribution in [-0.2, 0) is 0 Å². The number of ether oxygens (including phenoxy) is 4. The van der Waals surface area contributed by atoms with Crippen LogP contribution in [0.15, 0.2) is 76.5 Å². The third-order valence-electron chi connectivity index (χ3n) is 6.90. The number of esters is 1. The number of methoxy groups -OCH3 is 1. The van der Waals surface area contributed by atoms with Gasteiger partial charge in [0.05, 0.1) is 19.6 Å². The molecule has 1 unspecified atom stereocenters. The average molecular weight is 539 g/mol. The molecule has 204 valence electrons. The molecule has 3 aromatic carbocycles. The first-order valence-corrected chi connectivity index (χ1v) is 13.0. The first-order valence-electron chi connectivity index (χ1n) is 13.0. The standard InChI is InChI=1S/C32H30N2O6/c1-18(2)13-14-37-26-12-9-20(15-28(26)36-4)29-23-11-10-21(16-27(23)40-31(34)24(29)17-33)38-32(35)30-19(3)22-7-5-6-8-25(22)39-30/h5-12,15-16,18,29H,13-14,34H2,1-4H3. The fourth-order valence-corrected chi connectivity index (χ4v) is 4.75. The summed E-state index contributed by atoms with van der Waals surface area (Å²) < 4.78 is 28.7. The summed E-state index contributed by atoms with van der Waals surface area (Å²) in [7, 11) is 1.58. The summed E-state index contributed by atoms with van der Waals surface area (Å²) in [5.41, 5.74) is 9.24. The van der Waals surface area contributed by atoms with E-state index in [0.717, 1.165) is 17.4 Å². The molecule has 0 radical (unpaired) electrons. The zero-order chi connectivity index (χ0) is 28.4. The van der Waals surface area contributed by atoms with Crippen LogP contribution in [0, 0.1) is 24.2 Å². The van der Waals surface area contributed by atoms with Crippen molar-refractivity contribution in [3.63, 3.8) is 0 Å². The van der Waals surface area contributed by atoms with Crippen LogP contribution < -0.4 is 24.7 Å². The summed E-state index contributed by atoms with van der Waals surface area (Å²) in [5, 5.41) is 10.8. The number of aryl methyl sites for hydroxylation is 1. The van der Waals surface area contributed by atoms with Gasteiger partial charge in [-0.3, -0.25) is 0 Å². The molecule has 40 heavy (non-hydrogen) atoms. The molecule has 2 heterocycles.